The fourth-order valence-electron chi connectivity index (χ4n) is 3.93. The number of aromatic nitrogens is 2. The molecule has 0 aliphatic carbocycles. The minimum Gasteiger partial charge on any atom is -0.353 e. The fourth-order valence-corrected chi connectivity index (χ4v) is 4.99. The Balaban J connectivity index is 1.39. The number of aryl methyl sites for hydroxylation is 2. The Kier molecular flexibility index (Phi) is 7.07. The molecule has 1 amide bonds. The summed E-state index contributed by atoms with van der Waals surface area (Å²) in [5, 5.41) is 0. The van der Waals surface area contributed by atoms with Crippen molar-refractivity contribution in [3.05, 3.63) is 77.2 Å². The van der Waals surface area contributed by atoms with Crippen LogP contribution in [0, 0.1) is 13.8 Å². The van der Waals surface area contributed by atoms with Crippen LogP contribution in [0.15, 0.2) is 59.5 Å². The molecule has 1 aliphatic rings. The zero-order valence-corrected chi connectivity index (χ0v) is 21.3. The van der Waals surface area contributed by atoms with Crippen LogP contribution in [0.5, 0.6) is 0 Å². The summed E-state index contributed by atoms with van der Waals surface area (Å²) in [7, 11) is -3.74. The molecule has 1 aromatic heterocycles. The van der Waals surface area contributed by atoms with Crippen molar-refractivity contribution >= 4 is 27.4 Å². The molecule has 0 saturated carbocycles. The average molecular weight is 494 g/mol. The van der Waals surface area contributed by atoms with Gasteiger partial charge in [-0.05, 0) is 50.2 Å². The van der Waals surface area contributed by atoms with Crippen molar-refractivity contribution < 1.29 is 13.2 Å². The molecule has 4 rings (SSSR count). The van der Waals surface area contributed by atoms with E-state index in [-0.39, 0.29) is 16.7 Å². The molecule has 2 heterocycles. The Morgan fingerprint density at radius 3 is 2.14 bits per heavy atom. The number of sulfonamides is 1. The van der Waals surface area contributed by atoms with Gasteiger partial charge in [-0.15, -0.1) is 0 Å². The van der Waals surface area contributed by atoms with Crippen LogP contribution in [0.4, 0.5) is 11.5 Å². The lowest BCUT2D eigenvalue weighted by Crippen LogP contribution is -2.49. The maximum atomic E-state index is 13.0. The molecule has 1 N–H and O–H groups in total. The summed E-state index contributed by atoms with van der Waals surface area (Å²) < 4.78 is 28.0. The summed E-state index contributed by atoms with van der Waals surface area (Å²) >= 11 is 0. The summed E-state index contributed by atoms with van der Waals surface area (Å²) in [6.45, 7) is 10.5. The molecule has 1 saturated heterocycles. The first-order valence-corrected chi connectivity index (χ1v) is 13.2. The van der Waals surface area contributed by atoms with Crippen molar-refractivity contribution in [2.75, 3.05) is 35.8 Å². The van der Waals surface area contributed by atoms with E-state index >= 15 is 0 Å². The van der Waals surface area contributed by atoms with Gasteiger partial charge in [-0.25, -0.2) is 18.4 Å². The summed E-state index contributed by atoms with van der Waals surface area (Å²) in [6, 6.07) is 15.2. The SMILES string of the molecule is Cc1ccc(NS(=O)(=O)c2ccc(C(=O)N3CCN(c4cc(C)nc(C(C)C)n4)CC3)cc2)cc1. The third-order valence-electron chi connectivity index (χ3n) is 5.98. The normalized spacial score (nSPS) is 14.3. The summed E-state index contributed by atoms with van der Waals surface area (Å²) in [6.07, 6.45) is 0. The molecule has 8 nitrogen and oxygen atoms in total. The van der Waals surface area contributed by atoms with Crippen LogP contribution >= 0.6 is 0 Å². The van der Waals surface area contributed by atoms with Crippen molar-refractivity contribution in [3.63, 3.8) is 0 Å². The standard InChI is InChI=1S/C26H31N5O3S/c1-18(2)25-27-20(4)17-24(28-25)30-13-15-31(16-14-30)26(32)21-7-11-23(12-8-21)35(33,34)29-22-9-5-19(3)6-10-22/h5-12,17-18,29H,13-16H2,1-4H3. The molecule has 0 unspecified atom stereocenters. The van der Waals surface area contributed by atoms with Gasteiger partial charge in [-0.3, -0.25) is 9.52 Å². The lowest BCUT2D eigenvalue weighted by molar-refractivity contribution is 0.0746. The molecule has 35 heavy (non-hydrogen) atoms. The molecule has 0 spiro atoms. The third-order valence-corrected chi connectivity index (χ3v) is 7.38. The van der Waals surface area contributed by atoms with Gasteiger partial charge in [0.15, 0.2) is 0 Å². The highest BCUT2D eigenvalue weighted by molar-refractivity contribution is 7.92. The van der Waals surface area contributed by atoms with Crippen LogP contribution in [0.25, 0.3) is 0 Å². The number of hydrogen-bond donors (Lipinski definition) is 1. The molecule has 0 bridgehead atoms. The topological polar surface area (TPSA) is 95.5 Å². The summed E-state index contributed by atoms with van der Waals surface area (Å²) in [5.74, 6) is 1.85. The first kappa shape index (κ1) is 24.7. The quantitative estimate of drug-likeness (QED) is 0.558. The van der Waals surface area contributed by atoms with E-state index in [1.807, 2.05) is 32.0 Å². The highest BCUT2D eigenvalue weighted by Gasteiger charge is 2.24. The van der Waals surface area contributed by atoms with E-state index in [0.717, 1.165) is 22.9 Å². The van der Waals surface area contributed by atoms with Gasteiger partial charge in [0.1, 0.15) is 11.6 Å². The third kappa shape index (κ3) is 5.79. The molecule has 3 aromatic rings. The average Bonchev–Trinajstić information content (AvgIpc) is 2.84. The fraction of sp³-hybridized carbons (Fsp3) is 0.346. The van der Waals surface area contributed by atoms with Crippen LogP contribution < -0.4 is 9.62 Å². The minimum atomic E-state index is -3.74. The maximum absolute atomic E-state index is 13.0. The zero-order chi connectivity index (χ0) is 25.2. The number of carbonyl (C=O) groups excluding carboxylic acids is 1. The van der Waals surface area contributed by atoms with Gasteiger partial charge >= 0.3 is 0 Å². The number of rotatable bonds is 6. The molecule has 1 aliphatic heterocycles. The number of piperazine rings is 1. The van der Waals surface area contributed by atoms with Gasteiger partial charge in [-0.2, -0.15) is 0 Å². The van der Waals surface area contributed by atoms with E-state index in [0.29, 0.717) is 37.4 Å². The maximum Gasteiger partial charge on any atom is 0.261 e. The van der Waals surface area contributed by atoms with E-state index in [1.54, 1.807) is 29.2 Å². The predicted octanol–water partition coefficient (Wildman–Crippen LogP) is 3.98. The van der Waals surface area contributed by atoms with Crippen molar-refractivity contribution in [2.45, 2.75) is 38.5 Å². The largest absolute Gasteiger partial charge is 0.353 e. The number of nitrogens with one attached hydrogen (secondary N) is 1. The van der Waals surface area contributed by atoms with E-state index in [1.165, 1.54) is 12.1 Å². The van der Waals surface area contributed by atoms with Gasteiger partial charge in [0.25, 0.3) is 15.9 Å². The van der Waals surface area contributed by atoms with Crippen molar-refractivity contribution in [3.8, 4) is 0 Å². The van der Waals surface area contributed by atoms with Crippen LogP contribution in [0.2, 0.25) is 0 Å². The van der Waals surface area contributed by atoms with E-state index in [9.17, 15) is 13.2 Å². The second kappa shape index (κ2) is 10.0. The summed E-state index contributed by atoms with van der Waals surface area (Å²) in [5.41, 5.74) is 2.94. The number of hydrogen-bond acceptors (Lipinski definition) is 6. The number of anilines is 2. The molecule has 9 heteroatoms. The van der Waals surface area contributed by atoms with Crippen molar-refractivity contribution in [1.82, 2.24) is 14.9 Å². The van der Waals surface area contributed by atoms with Gasteiger partial charge in [0.05, 0.1) is 4.90 Å². The second-order valence-corrected chi connectivity index (χ2v) is 10.8. The summed E-state index contributed by atoms with van der Waals surface area (Å²) in [4.78, 5) is 26.3. The van der Waals surface area contributed by atoms with Gasteiger partial charge in [-0.1, -0.05) is 31.5 Å². The molecular formula is C26H31N5O3S. The van der Waals surface area contributed by atoms with Crippen molar-refractivity contribution in [1.29, 1.82) is 0 Å². The van der Waals surface area contributed by atoms with Crippen LogP contribution in [0.1, 0.15) is 47.2 Å². The van der Waals surface area contributed by atoms with Crippen molar-refractivity contribution in [2.24, 2.45) is 0 Å². The lowest BCUT2D eigenvalue weighted by Gasteiger charge is -2.35. The number of amides is 1. The van der Waals surface area contributed by atoms with E-state index in [4.69, 9.17) is 4.98 Å². The first-order valence-electron chi connectivity index (χ1n) is 11.7. The zero-order valence-electron chi connectivity index (χ0n) is 20.5. The molecule has 2 aromatic carbocycles. The first-order chi connectivity index (χ1) is 16.6. The molecular weight excluding hydrogens is 462 g/mol. The number of nitrogens with zero attached hydrogens (tertiary/aromatic N) is 4. The molecule has 184 valence electrons. The van der Waals surface area contributed by atoms with Crippen LogP contribution in [-0.2, 0) is 10.0 Å². The monoisotopic (exact) mass is 493 g/mol. The minimum absolute atomic E-state index is 0.109. The Labute approximate surface area is 207 Å². The number of benzene rings is 2. The smallest absolute Gasteiger partial charge is 0.261 e. The second-order valence-electron chi connectivity index (χ2n) is 9.16. The number of carbonyl (C=O) groups is 1. The van der Waals surface area contributed by atoms with Gasteiger partial charge in [0, 0.05) is 55.1 Å². The molecule has 1 fully saturated rings. The Morgan fingerprint density at radius 1 is 0.914 bits per heavy atom. The van der Waals surface area contributed by atoms with E-state index < -0.39 is 10.0 Å². The Morgan fingerprint density at radius 2 is 1.54 bits per heavy atom. The van der Waals surface area contributed by atoms with Gasteiger partial charge in [0.2, 0.25) is 0 Å². The van der Waals surface area contributed by atoms with Crippen LogP contribution in [0.3, 0.4) is 0 Å². The molecule has 0 radical (unpaired) electrons. The highest BCUT2D eigenvalue weighted by Crippen LogP contribution is 2.21. The Bertz CT molecular complexity index is 1300. The van der Waals surface area contributed by atoms with E-state index in [2.05, 4.69) is 28.5 Å². The lowest BCUT2D eigenvalue weighted by atomic mass is 10.1. The van der Waals surface area contributed by atoms with Crippen LogP contribution in [-0.4, -0.2) is 55.4 Å². The predicted molar refractivity (Wildman–Crippen MR) is 137 cm³/mol. The van der Waals surface area contributed by atoms with Gasteiger partial charge < -0.3 is 9.80 Å². The highest BCUT2D eigenvalue weighted by atomic mass is 32.2. The Hall–Kier alpha value is -3.46. The molecule has 0 atom stereocenters.